The Kier molecular flexibility index (Phi) is 5.41. The number of morpholine rings is 1. The summed E-state index contributed by atoms with van der Waals surface area (Å²) in [6.07, 6.45) is 2.07. The molecule has 0 bridgehead atoms. The molecule has 0 saturated carbocycles. The maximum atomic E-state index is 12.7. The minimum atomic E-state index is -0.0413. The van der Waals surface area contributed by atoms with E-state index in [1.165, 1.54) is 0 Å². The highest BCUT2D eigenvalue weighted by Crippen LogP contribution is 2.28. The molecule has 0 unspecified atom stereocenters. The molecule has 2 heterocycles. The summed E-state index contributed by atoms with van der Waals surface area (Å²) in [5.74, 6) is 0.747. The fourth-order valence-corrected chi connectivity index (χ4v) is 3.61. The van der Waals surface area contributed by atoms with Crippen molar-refractivity contribution in [2.45, 2.75) is 26.7 Å². The SMILES string of the molecule is Cc1ccc(C(=O)N2CCC(CN3CCOCC3)CC2)c(O)c1C. The number of phenolic OH excluding ortho intramolecular Hbond substituents is 1. The lowest BCUT2D eigenvalue weighted by Gasteiger charge is -2.36. The Hall–Kier alpha value is -1.59. The third-order valence-corrected chi connectivity index (χ3v) is 5.45. The molecule has 5 nitrogen and oxygen atoms in total. The Morgan fingerprint density at radius 3 is 2.50 bits per heavy atom. The summed E-state index contributed by atoms with van der Waals surface area (Å²) in [6, 6.07) is 3.66. The fourth-order valence-electron chi connectivity index (χ4n) is 3.61. The normalized spacial score (nSPS) is 20.3. The van der Waals surface area contributed by atoms with Gasteiger partial charge >= 0.3 is 0 Å². The van der Waals surface area contributed by atoms with Gasteiger partial charge < -0.3 is 14.7 Å². The summed E-state index contributed by atoms with van der Waals surface area (Å²) in [5, 5.41) is 10.3. The molecule has 1 N–H and O–H groups in total. The Morgan fingerprint density at radius 1 is 1.17 bits per heavy atom. The van der Waals surface area contributed by atoms with E-state index in [2.05, 4.69) is 4.90 Å². The van der Waals surface area contributed by atoms with E-state index < -0.39 is 0 Å². The Bertz CT molecular complexity index is 589. The van der Waals surface area contributed by atoms with Crippen LogP contribution < -0.4 is 0 Å². The van der Waals surface area contributed by atoms with Gasteiger partial charge in [0.1, 0.15) is 5.75 Å². The van der Waals surface area contributed by atoms with Gasteiger partial charge in [0, 0.05) is 32.7 Å². The number of phenols is 1. The van der Waals surface area contributed by atoms with E-state index in [9.17, 15) is 9.90 Å². The summed E-state index contributed by atoms with van der Waals surface area (Å²) < 4.78 is 5.40. The molecule has 2 saturated heterocycles. The van der Waals surface area contributed by atoms with E-state index in [4.69, 9.17) is 4.74 Å². The Balaban J connectivity index is 1.56. The highest BCUT2D eigenvalue weighted by Gasteiger charge is 2.27. The lowest BCUT2D eigenvalue weighted by molar-refractivity contribution is 0.0242. The van der Waals surface area contributed by atoms with Crippen molar-refractivity contribution in [3.63, 3.8) is 0 Å². The number of nitrogens with zero attached hydrogens (tertiary/aromatic N) is 2. The molecule has 0 radical (unpaired) electrons. The molecule has 0 aromatic heterocycles. The zero-order valence-electron chi connectivity index (χ0n) is 14.8. The molecular weight excluding hydrogens is 304 g/mol. The lowest BCUT2D eigenvalue weighted by atomic mass is 9.95. The van der Waals surface area contributed by atoms with Gasteiger partial charge in [0.25, 0.3) is 5.91 Å². The van der Waals surface area contributed by atoms with Gasteiger partial charge in [0.05, 0.1) is 18.8 Å². The zero-order chi connectivity index (χ0) is 17.1. The topological polar surface area (TPSA) is 53.0 Å². The lowest BCUT2D eigenvalue weighted by Crippen LogP contribution is -2.44. The van der Waals surface area contributed by atoms with Gasteiger partial charge in [-0.05, 0) is 49.8 Å². The molecule has 132 valence electrons. The van der Waals surface area contributed by atoms with Crippen LogP contribution in [0.2, 0.25) is 0 Å². The van der Waals surface area contributed by atoms with Gasteiger partial charge in [-0.2, -0.15) is 0 Å². The van der Waals surface area contributed by atoms with Crippen molar-refractivity contribution in [1.29, 1.82) is 0 Å². The van der Waals surface area contributed by atoms with Crippen molar-refractivity contribution in [2.75, 3.05) is 45.9 Å². The summed E-state index contributed by atoms with van der Waals surface area (Å²) in [7, 11) is 0. The molecule has 24 heavy (non-hydrogen) atoms. The van der Waals surface area contributed by atoms with Crippen molar-refractivity contribution in [1.82, 2.24) is 9.80 Å². The number of ether oxygens (including phenoxy) is 1. The molecule has 1 aromatic rings. The van der Waals surface area contributed by atoms with Crippen LogP contribution in [0.4, 0.5) is 0 Å². The second-order valence-corrected chi connectivity index (χ2v) is 7.05. The monoisotopic (exact) mass is 332 g/mol. The largest absolute Gasteiger partial charge is 0.507 e. The van der Waals surface area contributed by atoms with Gasteiger partial charge in [-0.3, -0.25) is 9.69 Å². The molecule has 2 aliphatic rings. The van der Waals surface area contributed by atoms with Crippen LogP contribution in [-0.4, -0.2) is 66.8 Å². The van der Waals surface area contributed by atoms with Crippen molar-refractivity contribution < 1.29 is 14.6 Å². The molecule has 0 spiro atoms. The van der Waals surface area contributed by atoms with Crippen LogP contribution in [0.1, 0.15) is 34.3 Å². The minimum Gasteiger partial charge on any atom is -0.507 e. The van der Waals surface area contributed by atoms with E-state index in [0.717, 1.165) is 69.9 Å². The predicted octanol–water partition coefficient (Wildman–Crippen LogP) is 2.19. The molecule has 3 rings (SSSR count). The van der Waals surface area contributed by atoms with Gasteiger partial charge in [0.15, 0.2) is 0 Å². The second kappa shape index (κ2) is 7.53. The van der Waals surface area contributed by atoms with Crippen molar-refractivity contribution in [3.05, 3.63) is 28.8 Å². The van der Waals surface area contributed by atoms with Crippen LogP contribution in [-0.2, 0) is 4.74 Å². The number of hydrogen-bond donors (Lipinski definition) is 1. The second-order valence-electron chi connectivity index (χ2n) is 7.05. The maximum Gasteiger partial charge on any atom is 0.257 e. The number of carbonyl (C=O) groups is 1. The number of amides is 1. The van der Waals surface area contributed by atoms with Gasteiger partial charge in [-0.15, -0.1) is 0 Å². The summed E-state index contributed by atoms with van der Waals surface area (Å²) in [6.45, 7) is 10.2. The first-order chi connectivity index (χ1) is 11.6. The van der Waals surface area contributed by atoms with Crippen LogP contribution in [0, 0.1) is 19.8 Å². The summed E-state index contributed by atoms with van der Waals surface area (Å²) in [4.78, 5) is 17.1. The van der Waals surface area contributed by atoms with E-state index in [1.807, 2.05) is 24.8 Å². The van der Waals surface area contributed by atoms with E-state index in [1.54, 1.807) is 6.07 Å². The molecule has 5 heteroatoms. The Morgan fingerprint density at radius 2 is 1.83 bits per heavy atom. The number of aryl methyl sites for hydroxylation is 1. The number of hydrogen-bond acceptors (Lipinski definition) is 4. The molecule has 2 fully saturated rings. The molecule has 2 aliphatic heterocycles. The maximum absolute atomic E-state index is 12.7. The smallest absolute Gasteiger partial charge is 0.257 e. The third kappa shape index (κ3) is 3.73. The zero-order valence-corrected chi connectivity index (χ0v) is 14.8. The first-order valence-electron chi connectivity index (χ1n) is 8.95. The average Bonchev–Trinajstić information content (AvgIpc) is 2.61. The number of piperidine rings is 1. The van der Waals surface area contributed by atoms with Crippen molar-refractivity contribution in [2.24, 2.45) is 5.92 Å². The predicted molar refractivity (Wildman–Crippen MR) is 93.5 cm³/mol. The molecule has 0 atom stereocenters. The van der Waals surface area contributed by atoms with E-state index in [0.29, 0.717) is 11.5 Å². The van der Waals surface area contributed by atoms with Crippen molar-refractivity contribution >= 4 is 5.91 Å². The number of aromatic hydroxyl groups is 1. The number of carbonyl (C=O) groups excluding carboxylic acids is 1. The first-order valence-corrected chi connectivity index (χ1v) is 8.95. The Labute approximate surface area is 144 Å². The standard InChI is InChI=1S/C19H28N2O3/c1-14-3-4-17(18(22)15(14)2)19(23)21-7-5-16(6-8-21)13-20-9-11-24-12-10-20/h3-4,16,22H,5-13H2,1-2H3. The van der Waals surface area contributed by atoms with Crippen LogP contribution in [0.25, 0.3) is 0 Å². The van der Waals surface area contributed by atoms with Gasteiger partial charge in [0.2, 0.25) is 0 Å². The highest BCUT2D eigenvalue weighted by atomic mass is 16.5. The minimum absolute atomic E-state index is 0.0413. The average molecular weight is 332 g/mol. The fraction of sp³-hybridized carbons (Fsp3) is 0.632. The molecule has 1 amide bonds. The molecular formula is C19H28N2O3. The van der Waals surface area contributed by atoms with Crippen molar-refractivity contribution in [3.8, 4) is 5.75 Å². The van der Waals surface area contributed by atoms with Gasteiger partial charge in [-0.25, -0.2) is 0 Å². The van der Waals surface area contributed by atoms with Crippen LogP contribution >= 0.6 is 0 Å². The first kappa shape index (κ1) is 17.2. The number of benzene rings is 1. The quantitative estimate of drug-likeness (QED) is 0.922. The van der Waals surface area contributed by atoms with Gasteiger partial charge in [-0.1, -0.05) is 6.07 Å². The number of rotatable bonds is 3. The van der Waals surface area contributed by atoms with Crippen LogP contribution in [0.15, 0.2) is 12.1 Å². The van der Waals surface area contributed by atoms with E-state index >= 15 is 0 Å². The summed E-state index contributed by atoms with van der Waals surface area (Å²) in [5.41, 5.74) is 2.24. The summed E-state index contributed by atoms with van der Waals surface area (Å²) >= 11 is 0. The number of likely N-dealkylation sites (tertiary alicyclic amines) is 1. The highest BCUT2D eigenvalue weighted by molar-refractivity contribution is 5.97. The third-order valence-electron chi connectivity index (χ3n) is 5.45. The molecule has 0 aliphatic carbocycles. The van der Waals surface area contributed by atoms with E-state index in [-0.39, 0.29) is 11.7 Å². The molecule has 1 aromatic carbocycles. The van der Waals surface area contributed by atoms with Crippen LogP contribution in [0.5, 0.6) is 5.75 Å². The van der Waals surface area contributed by atoms with Crippen LogP contribution in [0.3, 0.4) is 0 Å².